The third-order valence-corrected chi connectivity index (χ3v) is 3.74. The van der Waals surface area contributed by atoms with Gasteiger partial charge in [-0.05, 0) is 45.1 Å². The molecule has 0 radical (unpaired) electrons. The van der Waals surface area contributed by atoms with E-state index in [0.29, 0.717) is 18.6 Å². The van der Waals surface area contributed by atoms with E-state index in [0.717, 1.165) is 32.4 Å². The monoisotopic (exact) mass is 270 g/mol. The van der Waals surface area contributed by atoms with Crippen LogP contribution >= 0.6 is 0 Å². The number of rotatable bonds is 8. The Hall–Kier alpha value is -0.610. The van der Waals surface area contributed by atoms with E-state index in [9.17, 15) is 4.79 Å². The Kier molecular flexibility index (Phi) is 8.07. The van der Waals surface area contributed by atoms with Crippen molar-refractivity contribution < 1.29 is 9.53 Å². The van der Waals surface area contributed by atoms with Crippen molar-refractivity contribution in [3.8, 4) is 0 Å². The van der Waals surface area contributed by atoms with Crippen molar-refractivity contribution in [2.45, 2.75) is 64.0 Å². The molecular weight excluding hydrogens is 240 g/mol. The molecule has 4 heteroatoms. The van der Waals surface area contributed by atoms with Crippen molar-refractivity contribution in [1.29, 1.82) is 0 Å². The zero-order valence-corrected chi connectivity index (χ0v) is 12.8. The predicted octanol–water partition coefficient (Wildman–Crippen LogP) is 2.18. The molecule has 0 aromatic carbocycles. The third-order valence-electron chi connectivity index (χ3n) is 3.74. The van der Waals surface area contributed by atoms with Crippen LogP contribution in [0.1, 0.15) is 51.9 Å². The van der Waals surface area contributed by atoms with Crippen LogP contribution in [0.5, 0.6) is 0 Å². The summed E-state index contributed by atoms with van der Waals surface area (Å²) in [5, 5.41) is 3.58. The number of carbonyl (C=O) groups is 1. The highest BCUT2D eigenvalue weighted by atomic mass is 16.5. The van der Waals surface area contributed by atoms with E-state index in [4.69, 9.17) is 4.74 Å². The summed E-state index contributed by atoms with van der Waals surface area (Å²) in [5.74, 6) is 0.191. The fourth-order valence-corrected chi connectivity index (χ4v) is 2.48. The summed E-state index contributed by atoms with van der Waals surface area (Å²) in [7, 11) is 3.60. The average Bonchev–Trinajstić information content (AvgIpc) is 2.42. The van der Waals surface area contributed by atoms with Gasteiger partial charge in [0.15, 0.2) is 0 Å². The first kappa shape index (κ1) is 16.4. The predicted molar refractivity (Wildman–Crippen MR) is 78.2 cm³/mol. The molecule has 0 atom stereocenters. The second-order valence-electron chi connectivity index (χ2n) is 5.69. The Morgan fingerprint density at radius 3 is 2.53 bits per heavy atom. The van der Waals surface area contributed by atoms with Crippen molar-refractivity contribution in [3.63, 3.8) is 0 Å². The van der Waals surface area contributed by atoms with Gasteiger partial charge in [0.25, 0.3) is 0 Å². The molecule has 4 nitrogen and oxygen atoms in total. The van der Waals surface area contributed by atoms with Gasteiger partial charge in [-0.2, -0.15) is 0 Å². The summed E-state index contributed by atoms with van der Waals surface area (Å²) in [6.45, 7) is 4.05. The van der Waals surface area contributed by atoms with Crippen LogP contribution in [0.15, 0.2) is 0 Å². The van der Waals surface area contributed by atoms with Crippen molar-refractivity contribution >= 4 is 5.91 Å². The van der Waals surface area contributed by atoms with Gasteiger partial charge < -0.3 is 15.0 Å². The lowest BCUT2D eigenvalue weighted by molar-refractivity contribution is -0.129. The van der Waals surface area contributed by atoms with Gasteiger partial charge in [0.2, 0.25) is 5.91 Å². The normalized spacial score (nSPS) is 23.3. The zero-order valence-electron chi connectivity index (χ0n) is 12.8. The molecule has 0 saturated heterocycles. The molecule has 0 unspecified atom stereocenters. The fourth-order valence-electron chi connectivity index (χ4n) is 2.48. The second kappa shape index (κ2) is 9.32. The van der Waals surface area contributed by atoms with Crippen molar-refractivity contribution in [3.05, 3.63) is 0 Å². The van der Waals surface area contributed by atoms with E-state index in [-0.39, 0.29) is 5.91 Å². The minimum Gasteiger partial charge on any atom is -0.378 e. The van der Waals surface area contributed by atoms with Gasteiger partial charge in [0, 0.05) is 33.2 Å². The molecule has 1 amide bonds. The van der Waals surface area contributed by atoms with E-state index in [1.54, 1.807) is 19.0 Å². The summed E-state index contributed by atoms with van der Waals surface area (Å²) < 4.78 is 5.87. The summed E-state index contributed by atoms with van der Waals surface area (Å²) in [5.41, 5.74) is 0. The molecule has 0 aliphatic heterocycles. The highest BCUT2D eigenvalue weighted by Crippen LogP contribution is 2.21. The average molecular weight is 270 g/mol. The molecule has 0 heterocycles. The maximum atomic E-state index is 11.4. The Balaban J connectivity index is 2.02. The summed E-state index contributed by atoms with van der Waals surface area (Å²) >= 11 is 0. The maximum absolute atomic E-state index is 11.4. The molecule has 1 N–H and O–H groups in total. The molecule has 0 aromatic rings. The first-order valence-corrected chi connectivity index (χ1v) is 7.68. The van der Waals surface area contributed by atoms with E-state index >= 15 is 0 Å². The van der Waals surface area contributed by atoms with E-state index in [2.05, 4.69) is 12.2 Å². The molecule has 0 spiro atoms. The van der Waals surface area contributed by atoms with Gasteiger partial charge in [-0.1, -0.05) is 6.92 Å². The number of hydrogen-bond acceptors (Lipinski definition) is 3. The van der Waals surface area contributed by atoms with Crippen LogP contribution in [-0.2, 0) is 9.53 Å². The summed E-state index contributed by atoms with van der Waals surface area (Å²) in [4.78, 5) is 13.0. The Bertz CT molecular complexity index is 249. The lowest BCUT2D eigenvalue weighted by Gasteiger charge is -2.29. The SMILES string of the molecule is CCCNC1CCC(OCCCC(=O)N(C)C)CC1. The number of hydrogen-bond donors (Lipinski definition) is 1. The van der Waals surface area contributed by atoms with Crippen LogP contribution in [-0.4, -0.2) is 50.2 Å². The highest BCUT2D eigenvalue weighted by Gasteiger charge is 2.20. The van der Waals surface area contributed by atoms with Gasteiger partial charge in [0.1, 0.15) is 0 Å². The summed E-state index contributed by atoms with van der Waals surface area (Å²) in [6, 6.07) is 0.690. The minimum absolute atomic E-state index is 0.191. The second-order valence-corrected chi connectivity index (χ2v) is 5.69. The smallest absolute Gasteiger partial charge is 0.222 e. The Labute approximate surface area is 117 Å². The number of ether oxygens (including phenoxy) is 1. The Morgan fingerprint density at radius 2 is 1.95 bits per heavy atom. The maximum Gasteiger partial charge on any atom is 0.222 e. The lowest BCUT2D eigenvalue weighted by Crippen LogP contribution is -2.35. The van der Waals surface area contributed by atoms with Gasteiger partial charge in [-0.3, -0.25) is 4.79 Å². The lowest BCUT2D eigenvalue weighted by atomic mass is 9.93. The molecule has 19 heavy (non-hydrogen) atoms. The van der Waals surface area contributed by atoms with E-state index < -0.39 is 0 Å². The quantitative estimate of drug-likeness (QED) is 0.687. The van der Waals surface area contributed by atoms with Crippen molar-refractivity contribution in [2.24, 2.45) is 0 Å². The largest absolute Gasteiger partial charge is 0.378 e. The van der Waals surface area contributed by atoms with E-state index in [1.165, 1.54) is 19.3 Å². The molecule has 1 rings (SSSR count). The van der Waals surface area contributed by atoms with Gasteiger partial charge >= 0.3 is 0 Å². The third kappa shape index (κ3) is 6.92. The molecule has 0 bridgehead atoms. The topological polar surface area (TPSA) is 41.6 Å². The standard InChI is InChI=1S/C15H30N2O2/c1-4-11-16-13-7-9-14(10-8-13)19-12-5-6-15(18)17(2)3/h13-14,16H,4-12H2,1-3H3. The fraction of sp³-hybridized carbons (Fsp3) is 0.933. The minimum atomic E-state index is 0.191. The molecule has 1 aliphatic rings. The molecule has 1 fully saturated rings. The molecule has 1 aliphatic carbocycles. The first-order chi connectivity index (χ1) is 9.13. The number of nitrogens with zero attached hydrogens (tertiary/aromatic N) is 1. The van der Waals surface area contributed by atoms with Crippen LogP contribution in [0, 0.1) is 0 Å². The van der Waals surface area contributed by atoms with Gasteiger partial charge in [0.05, 0.1) is 6.10 Å². The van der Waals surface area contributed by atoms with Crippen molar-refractivity contribution in [2.75, 3.05) is 27.2 Å². The van der Waals surface area contributed by atoms with Gasteiger partial charge in [-0.15, -0.1) is 0 Å². The van der Waals surface area contributed by atoms with Crippen LogP contribution in [0.25, 0.3) is 0 Å². The van der Waals surface area contributed by atoms with Crippen molar-refractivity contribution in [1.82, 2.24) is 10.2 Å². The van der Waals surface area contributed by atoms with Crippen LogP contribution in [0.2, 0.25) is 0 Å². The highest BCUT2D eigenvalue weighted by molar-refractivity contribution is 5.75. The number of amides is 1. The van der Waals surface area contributed by atoms with E-state index in [1.807, 2.05) is 0 Å². The molecule has 112 valence electrons. The van der Waals surface area contributed by atoms with Crippen LogP contribution in [0.4, 0.5) is 0 Å². The first-order valence-electron chi connectivity index (χ1n) is 7.68. The summed E-state index contributed by atoms with van der Waals surface area (Å²) in [6.07, 6.45) is 7.81. The molecular formula is C15H30N2O2. The zero-order chi connectivity index (χ0) is 14.1. The Morgan fingerprint density at radius 1 is 1.26 bits per heavy atom. The van der Waals surface area contributed by atoms with Crippen LogP contribution in [0.3, 0.4) is 0 Å². The van der Waals surface area contributed by atoms with Crippen LogP contribution < -0.4 is 5.32 Å². The number of nitrogens with one attached hydrogen (secondary N) is 1. The van der Waals surface area contributed by atoms with Gasteiger partial charge in [-0.25, -0.2) is 0 Å². The number of carbonyl (C=O) groups excluding carboxylic acids is 1. The molecule has 1 saturated carbocycles. The molecule has 0 aromatic heterocycles.